The van der Waals surface area contributed by atoms with Crippen molar-refractivity contribution in [2.24, 2.45) is 5.92 Å². The molecule has 5 nitrogen and oxygen atoms in total. The summed E-state index contributed by atoms with van der Waals surface area (Å²) >= 11 is 0. The number of esters is 1. The maximum absolute atomic E-state index is 12.3. The summed E-state index contributed by atoms with van der Waals surface area (Å²) in [5.74, 6) is -0.0244. The van der Waals surface area contributed by atoms with Gasteiger partial charge in [0, 0.05) is 24.0 Å². The number of ether oxygens (including phenoxy) is 1. The highest BCUT2D eigenvalue weighted by Crippen LogP contribution is 2.38. The van der Waals surface area contributed by atoms with Gasteiger partial charge < -0.3 is 14.6 Å². The van der Waals surface area contributed by atoms with Crippen molar-refractivity contribution in [2.75, 3.05) is 13.2 Å². The fourth-order valence-electron chi connectivity index (χ4n) is 3.79. The molecule has 0 bridgehead atoms. The average molecular weight is 332 g/mol. The summed E-state index contributed by atoms with van der Waals surface area (Å²) in [6.45, 7) is 4.47. The maximum Gasteiger partial charge on any atom is 0.340 e. The summed E-state index contributed by atoms with van der Waals surface area (Å²) in [7, 11) is 0. The van der Waals surface area contributed by atoms with Crippen molar-refractivity contribution in [3.63, 3.8) is 0 Å². The van der Waals surface area contributed by atoms with Crippen LogP contribution in [-0.2, 0) is 9.53 Å². The predicted octanol–water partition coefficient (Wildman–Crippen LogP) is 3.29. The summed E-state index contributed by atoms with van der Waals surface area (Å²) in [6, 6.07) is 2.40. The van der Waals surface area contributed by atoms with Gasteiger partial charge >= 0.3 is 5.97 Å². The maximum atomic E-state index is 12.3. The van der Waals surface area contributed by atoms with E-state index in [2.05, 4.69) is 9.88 Å². The molecule has 0 aliphatic heterocycles. The Balaban J connectivity index is 1.46. The molecule has 3 rings (SSSR count). The molecule has 0 saturated heterocycles. The number of hydrogen-bond acceptors (Lipinski definition) is 3. The molecule has 1 N–H and O–H groups in total. The van der Waals surface area contributed by atoms with E-state index < -0.39 is 5.97 Å². The largest absolute Gasteiger partial charge is 0.452 e. The summed E-state index contributed by atoms with van der Waals surface area (Å²) in [6.07, 6.45) is 8.54. The van der Waals surface area contributed by atoms with E-state index in [-0.39, 0.29) is 12.5 Å². The van der Waals surface area contributed by atoms with Crippen molar-refractivity contribution in [1.82, 2.24) is 9.88 Å². The van der Waals surface area contributed by atoms with E-state index in [0.29, 0.717) is 24.1 Å². The zero-order valence-electron chi connectivity index (χ0n) is 14.8. The van der Waals surface area contributed by atoms with Crippen LogP contribution in [0.15, 0.2) is 6.07 Å². The minimum absolute atomic E-state index is 0.196. The normalized spacial score (nSPS) is 18.4. The Morgan fingerprint density at radius 1 is 1.17 bits per heavy atom. The van der Waals surface area contributed by atoms with Crippen molar-refractivity contribution in [3.05, 3.63) is 23.0 Å². The van der Waals surface area contributed by atoms with Gasteiger partial charge in [-0.15, -0.1) is 0 Å². The SMILES string of the molecule is Cc1cc(C(=O)OCC(=O)NCC2CCCCC2)c(C)n1C1CC1. The fourth-order valence-corrected chi connectivity index (χ4v) is 3.79. The Morgan fingerprint density at radius 3 is 2.54 bits per heavy atom. The smallest absolute Gasteiger partial charge is 0.340 e. The van der Waals surface area contributed by atoms with E-state index in [1.807, 2.05) is 19.9 Å². The van der Waals surface area contributed by atoms with Gasteiger partial charge in [0.25, 0.3) is 5.91 Å². The van der Waals surface area contributed by atoms with Crippen LogP contribution in [0.2, 0.25) is 0 Å². The predicted molar refractivity (Wildman–Crippen MR) is 92.0 cm³/mol. The quantitative estimate of drug-likeness (QED) is 0.813. The van der Waals surface area contributed by atoms with Crippen LogP contribution < -0.4 is 5.32 Å². The topological polar surface area (TPSA) is 60.3 Å². The Bertz CT molecular complexity index is 610. The lowest BCUT2D eigenvalue weighted by Gasteiger charge is -2.21. The fraction of sp³-hybridized carbons (Fsp3) is 0.684. The van der Waals surface area contributed by atoms with E-state index in [0.717, 1.165) is 11.4 Å². The van der Waals surface area contributed by atoms with E-state index >= 15 is 0 Å². The second-order valence-corrected chi connectivity index (χ2v) is 7.27. The third-order valence-electron chi connectivity index (χ3n) is 5.26. The van der Waals surface area contributed by atoms with Crippen LogP contribution >= 0.6 is 0 Å². The van der Waals surface area contributed by atoms with Crippen molar-refractivity contribution in [2.45, 2.75) is 64.8 Å². The highest BCUT2D eigenvalue weighted by molar-refractivity contribution is 5.92. The van der Waals surface area contributed by atoms with Gasteiger partial charge in [-0.25, -0.2) is 4.79 Å². The first-order chi connectivity index (χ1) is 11.6. The number of aromatic nitrogens is 1. The van der Waals surface area contributed by atoms with Gasteiger partial charge in [-0.2, -0.15) is 0 Å². The number of carbonyl (C=O) groups is 2. The minimum atomic E-state index is -0.400. The number of amides is 1. The summed E-state index contributed by atoms with van der Waals surface area (Å²) in [5.41, 5.74) is 2.62. The zero-order valence-corrected chi connectivity index (χ0v) is 14.8. The van der Waals surface area contributed by atoms with Crippen LogP contribution in [0.5, 0.6) is 0 Å². The molecule has 0 unspecified atom stereocenters. The van der Waals surface area contributed by atoms with Crippen LogP contribution in [-0.4, -0.2) is 29.6 Å². The van der Waals surface area contributed by atoms with Crippen LogP contribution in [0.4, 0.5) is 0 Å². The summed E-state index contributed by atoms with van der Waals surface area (Å²) < 4.78 is 7.42. The van der Waals surface area contributed by atoms with Gasteiger partial charge in [-0.3, -0.25) is 4.79 Å². The van der Waals surface area contributed by atoms with Gasteiger partial charge in [0.2, 0.25) is 0 Å². The van der Waals surface area contributed by atoms with Crippen LogP contribution in [0.3, 0.4) is 0 Å². The first kappa shape index (κ1) is 17.1. The summed E-state index contributed by atoms with van der Waals surface area (Å²) in [5, 5.41) is 2.90. The van der Waals surface area contributed by atoms with Crippen LogP contribution in [0, 0.1) is 19.8 Å². The lowest BCUT2D eigenvalue weighted by molar-refractivity contribution is -0.124. The third-order valence-corrected chi connectivity index (χ3v) is 5.26. The van der Waals surface area contributed by atoms with Gasteiger partial charge in [-0.05, 0) is 51.5 Å². The number of hydrogen-bond donors (Lipinski definition) is 1. The molecular formula is C19H28N2O3. The molecule has 0 spiro atoms. The average Bonchev–Trinajstić information content (AvgIpc) is 3.37. The number of carbonyl (C=O) groups excluding carboxylic acids is 2. The highest BCUT2D eigenvalue weighted by atomic mass is 16.5. The van der Waals surface area contributed by atoms with E-state index in [9.17, 15) is 9.59 Å². The first-order valence-electron chi connectivity index (χ1n) is 9.18. The van der Waals surface area contributed by atoms with Crippen molar-refractivity contribution in [1.29, 1.82) is 0 Å². The molecule has 5 heteroatoms. The molecule has 0 aromatic carbocycles. The second-order valence-electron chi connectivity index (χ2n) is 7.27. The standard InChI is InChI=1S/C19H28N2O3/c1-13-10-17(14(2)21(13)16-8-9-16)19(23)24-12-18(22)20-11-15-6-4-3-5-7-15/h10,15-16H,3-9,11-12H2,1-2H3,(H,20,22). The number of nitrogens with zero attached hydrogens (tertiary/aromatic N) is 1. The van der Waals surface area contributed by atoms with Crippen LogP contribution in [0.25, 0.3) is 0 Å². The Labute approximate surface area is 143 Å². The molecule has 0 radical (unpaired) electrons. The number of nitrogens with one attached hydrogen (secondary N) is 1. The monoisotopic (exact) mass is 332 g/mol. The van der Waals surface area contributed by atoms with E-state index in [1.54, 1.807) is 0 Å². The highest BCUT2D eigenvalue weighted by Gasteiger charge is 2.28. The lowest BCUT2D eigenvalue weighted by atomic mass is 9.89. The molecule has 2 saturated carbocycles. The van der Waals surface area contributed by atoms with E-state index in [4.69, 9.17) is 4.74 Å². The van der Waals surface area contributed by atoms with Gasteiger partial charge in [-0.1, -0.05) is 19.3 Å². The molecule has 2 fully saturated rings. The molecule has 1 aromatic heterocycles. The van der Waals surface area contributed by atoms with Gasteiger partial charge in [0.15, 0.2) is 6.61 Å². The molecule has 24 heavy (non-hydrogen) atoms. The van der Waals surface area contributed by atoms with Gasteiger partial charge in [0.1, 0.15) is 0 Å². The molecular weight excluding hydrogens is 304 g/mol. The lowest BCUT2D eigenvalue weighted by Crippen LogP contribution is -2.33. The van der Waals surface area contributed by atoms with Gasteiger partial charge in [0.05, 0.1) is 5.56 Å². The minimum Gasteiger partial charge on any atom is -0.452 e. The molecule has 2 aliphatic carbocycles. The third kappa shape index (κ3) is 4.00. The molecule has 132 valence electrons. The van der Waals surface area contributed by atoms with Crippen molar-refractivity contribution < 1.29 is 14.3 Å². The van der Waals surface area contributed by atoms with E-state index in [1.165, 1.54) is 44.9 Å². The molecule has 1 aromatic rings. The number of rotatable bonds is 6. The molecule has 0 atom stereocenters. The second kappa shape index (κ2) is 7.41. The molecule has 1 amide bonds. The van der Waals surface area contributed by atoms with Crippen molar-refractivity contribution in [3.8, 4) is 0 Å². The van der Waals surface area contributed by atoms with Crippen molar-refractivity contribution >= 4 is 11.9 Å². The summed E-state index contributed by atoms with van der Waals surface area (Å²) in [4.78, 5) is 24.2. The zero-order chi connectivity index (χ0) is 17.1. The Kier molecular flexibility index (Phi) is 5.27. The first-order valence-corrected chi connectivity index (χ1v) is 9.18. The number of aryl methyl sites for hydroxylation is 1. The molecule has 2 aliphatic rings. The Hall–Kier alpha value is -1.78. The molecule has 1 heterocycles. The van der Waals surface area contributed by atoms with Crippen LogP contribution in [0.1, 0.15) is 72.7 Å². The Morgan fingerprint density at radius 2 is 1.88 bits per heavy atom.